The van der Waals surface area contributed by atoms with Gasteiger partial charge in [-0.05, 0) is 25.5 Å². The molecule has 0 fully saturated rings. The Morgan fingerprint density at radius 1 is 1.36 bits per heavy atom. The third kappa shape index (κ3) is 4.06. The van der Waals surface area contributed by atoms with Crippen LogP contribution in [-0.4, -0.2) is 26.2 Å². The first-order chi connectivity index (χ1) is 12.0. The number of benzene rings is 1. The number of nitrogens with one attached hydrogen (secondary N) is 2. The van der Waals surface area contributed by atoms with Gasteiger partial charge in [-0.2, -0.15) is 10.1 Å². The summed E-state index contributed by atoms with van der Waals surface area (Å²) in [4.78, 5) is 16.0. The zero-order valence-corrected chi connectivity index (χ0v) is 13.3. The van der Waals surface area contributed by atoms with Crippen molar-refractivity contribution in [2.45, 2.75) is 26.2 Å². The van der Waals surface area contributed by atoms with Gasteiger partial charge < -0.3 is 9.84 Å². The molecule has 25 heavy (non-hydrogen) atoms. The highest BCUT2D eigenvalue weighted by molar-refractivity contribution is 5.90. The lowest BCUT2D eigenvalue weighted by Gasteiger charge is -2.01. The first-order valence-corrected chi connectivity index (χ1v) is 7.62. The van der Waals surface area contributed by atoms with E-state index in [4.69, 9.17) is 4.52 Å². The van der Waals surface area contributed by atoms with Gasteiger partial charge in [-0.3, -0.25) is 9.89 Å². The van der Waals surface area contributed by atoms with Crippen LogP contribution in [0, 0.1) is 18.6 Å². The predicted octanol–water partition coefficient (Wildman–Crippen LogP) is 3.01. The molecule has 130 valence electrons. The molecule has 0 saturated heterocycles. The number of amides is 1. The number of hydrogen-bond acceptors (Lipinski definition) is 5. The summed E-state index contributed by atoms with van der Waals surface area (Å²) < 4.78 is 32.0. The minimum atomic E-state index is -0.973. The van der Waals surface area contributed by atoms with E-state index in [0.717, 1.165) is 6.07 Å². The van der Waals surface area contributed by atoms with E-state index in [1.54, 1.807) is 6.92 Å². The Hall–Kier alpha value is -3.10. The van der Waals surface area contributed by atoms with Crippen LogP contribution in [0.2, 0.25) is 0 Å². The maximum Gasteiger partial charge on any atom is 0.226 e. The van der Waals surface area contributed by atoms with Gasteiger partial charge in [-0.1, -0.05) is 11.2 Å². The SMILES string of the molecule is Cc1noc(CCCC(=O)Nc2cc(-c3cccc(F)c3F)[nH]n2)n1. The Labute approximate surface area is 141 Å². The number of carbonyl (C=O) groups excluding carboxylic acids is 1. The molecule has 0 saturated carbocycles. The molecule has 2 aromatic heterocycles. The first-order valence-electron chi connectivity index (χ1n) is 7.62. The molecule has 0 radical (unpaired) electrons. The lowest BCUT2D eigenvalue weighted by molar-refractivity contribution is -0.116. The zero-order chi connectivity index (χ0) is 17.8. The van der Waals surface area contributed by atoms with Crippen LogP contribution in [0.5, 0.6) is 0 Å². The highest BCUT2D eigenvalue weighted by Crippen LogP contribution is 2.24. The number of carbonyl (C=O) groups is 1. The number of hydrogen-bond donors (Lipinski definition) is 2. The molecule has 0 aliphatic carbocycles. The molecule has 0 atom stereocenters. The lowest BCUT2D eigenvalue weighted by atomic mass is 10.1. The van der Waals surface area contributed by atoms with Crippen molar-refractivity contribution in [3.8, 4) is 11.3 Å². The standard InChI is InChI=1S/C16H15F2N5O2/c1-9-19-15(25-23-9)7-3-6-14(24)20-13-8-12(21-22-13)10-4-2-5-11(17)16(10)18/h2,4-5,8H,3,6-7H2,1H3,(H2,20,21,22,24). The van der Waals surface area contributed by atoms with Crippen molar-refractivity contribution in [2.24, 2.45) is 0 Å². The van der Waals surface area contributed by atoms with Crippen LogP contribution >= 0.6 is 0 Å². The highest BCUT2D eigenvalue weighted by atomic mass is 19.2. The highest BCUT2D eigenvalue weighted by Gasteiger charge is 2.13. The number of aromatic nitrogens is 4. The van der Waals surface area contributed by atoms with Crippen LogP contribution in [-0.2, 0) is 11.2 Å². The molecule has 0 bridgehead atoms. The molecule has 2 heterocycles. The molecule has 0 spiro atoms. The molecule has 7 nitrogen and oxygen atoms in total. The van der Waals surface area contributed by atoms with Crippen molar-refractivity contribution in [3.05, 3.63) is 47.6 Å². The Morgan fingerprint density at radius 2 is 2.20 bits per heavy atom. The fourth-order valence-electron chi connectivity index (χ4n) is 2.28. The predicted molar refractivity (Wildman–Crippen MR) is 84.5 cm³/mol. The van der Waals surface area contributed by atoms with E-state index >= 15 is 0 Å². The number of H-pyrrole nitrogens is 1. The molecule has 2 N–H and O–H groups in total. The summed E-state index contributed by atoms with van der Waals surface area (Å²) in [7, 11) is 0. The van der Waals surface area contributed by atoms with Crippen molar-refractivity contribution >= 4 is 11.7 Å². The monoisotopic (exact) mass is 347 g/mol. The topological polar surface area (TPSA) is 96.7 Å². The van der Waals surface area contributed by atoms with Crippen molar-refractivity contribution in [3.63, 3.8) is 0 Å². The average Bonchev–Trinajstić information content (AvgIpc) is 3.19. The van der Waals surface area contributed by atoms with E-state index in [0.29, 0.717) is 24.6 Å². The van der Waals surface area contributed by atoms with Crippen molar-refractivity contribution < 1.29 is 18.1 Å². The Balaban J connectivity index is 1.55. The second-order valence-electron chi connectivity index (χ2n) is 5.41. The minimum Gasteiger partial charge on any atom is -0.339 e. The van der Waals surface area contributed by atoms with Gasteiger partial charge in [0.05, 0.1) is 5.69 Å². The van der Waals surface area contributed by atoms with Crippen molar-refractivity contribution in [2.75, 3.05) is 5.32 Å². The van der Waals surface area contributed by atoms with E-state index in [-0.39, 0.29) is 29.4 Å². The van der Waals surface area contributed by atoms with Gasteiger partial charge in [0.15, 0.2) is 23.3 Å². The van der Waals surface area contributed by atoms with Crippen LogP contribution in [0.3, 0.4) is 0 Å². The summed E-state index contributed by atoms with van der Waals surface area (Å²) in [5.74, 6) is -0.916. The number of aryl methyl sites for hydroxylation is 2. The fourth-order valence-corrected chi connectivity index (χ4v) is 2.28. The van der Waals surface area contributed by atoms with Gasteiger partial charge in [0.2, 0.25) is 11.8 Å². The van der Waals surface area contributed by atoms with Gasteiger partial charge in [0, 0.05) is 24.5 Å². The van der Waals surface area contributed by atoms with Crippen molar-refractivity contribution in [1.29, 1.82) is 0 Å². The van der Waals surface area contributed by atoms with Crippen LogP contribution < -0.4 is 5.32 Å². The third-order valence-corrected chi connectivity index (χ3v) is 3.45. The minimum absolute atomic E-state index is 0.0414. The van der Waals surface area contributed by atoms with Crippen LogP contribution in [0.4, 0.5) is 14.6 Å². The van der Waals surface area contributed by atoms with Gasteiger partial charge >= 0.3 is 0 Å². The molecular formula is C16H15F2N5O2. The molecule has 3 rings (SSSR count). The molecule has 1 amide bonds. The number of rotatable bonds is 6. The van der Waals surface area contributed by atoms with Crippen LogP contribution in [0.15, 0.2) is 28.8 Å². The average molecular weight is 347 g/mol. The largest absolute Gasteiger partial charge is 0.339 e. The maximum absolute atomic E-state index is 13.8. The second-order valence-corrected chi connectivity index (χ2v) is 5.41. The number of nitrogens with zero attached hydrogens (tertiary/aromatic N) is 3. The molecule has 3 aromatic rings. The molecule has 0 aliphatic rings. The second kappa shape index (κ2) is 7.20. The summed E-state index contributed by atoms with van der Waals surface area (Å²) in [6.07, 6.45) is 1.26. The fraction of sp³-hybridized carbons (Fsp3) is 0.250. The van der Waals surface area contributed by atoms with E-state index in [2.05, 4.69) is 25.7 Å². The van der Waals surface area contributed by atoms with Gasteiger partial charge in [0.1, 0.15) is 0 Å². The molecule has 9 heteroatoms. The summed E-state index contributed by atoms with van der Waals surface area (Å²) in [6, 6.07) is 5.29. The van der Waals surface area contributed by atoms with Crippen LogP contribution in [0.1, 0.15) is 24.6 Å². The van der Waals surface area contributed by atoms with Gasteiger partial charge in [-0.15, -0.1) is 0 Å². The summed E-state index contributed by atoms with van der Waals surface area (Å²) in [5.41, 5.74) is 0.313. The Morgan fingerprint density at radius 3 is 2.96 bits per heavy atom. The Bertz CT molecular complexity index is 890. The third-order valence-electron chi connectivity index (χ3n) is 3.45. The smallest absolute Gasteiger partial charge is 0.226 e. The maximum atomic E-state index is 13.8. The van der Waals surface area contributed by atoms with Gasteiger partial charge in [0.25, 0.3) is 0 Å². The summed E-state index contributed by atoms with van der Waals surface area (Å²) in [5, 5.41) is 12.7. The van der Waals surface area contributed by atoms with E-state index in [1.165, 1.54) is 18.2 Å². The zero-order valence-electron chi connectivity index (χ0n) is 13.3. The van der Waals surface area contributed by atoms with E-state index in [1.807, 2.05) is 0 Å². The first kappa shape index (κ1) is 16.7. The molecule has 0 unspecified atom stereocenters. The number of anilines is 1. The van der Waals surface area contributed by atoms with Crippen LogP contribution in [0.25, 0.3) is 11.3 Å². The van der Waals surface area contributed by atoms with E-state index < -0.39 is 11.6 Å². The number of aromatic amines is 1. The normalized spacial score (nSPS) is 10.8. The lowest BCUT2D eigenvalue weighted by Crippen LogP contribution is -2.11. The summed E-state index contributed by atoms with van der Waals surface area (Å²) >= 11 is 0. The quantitative estimate of drug-likeness (QED) is 0.714. The number of halogens is 2. The summed E-state index contributed by atoms with van der Waals surface area (Å²) in [6.45, 7) is 1.72. The molecular weight excluding hydrogens is 332 g/mol. The van der Waals surface area contributed by atoms with Gasteiger partial charge in [-0.25, -0.2) is 8.78 Å². The van der Waals surface area contributed by atoms with Crippen molar-refractivity contribution in [1.82, 2.24) is 20.3 Å². The molecule has 1 aromatic carbocycles. The molecule has 0 aliphatic heterocycles. The van der Waals surface area contributed by atoms with E-state index in [9.17, 15) is 13.6 Å². The Kier molecular flexibility index (Phi) is 4.82.